The van der Waals surface area contributed by atoms with Crippen molar-refractivity contribution in [2.45, 2.75) is 46.6 Å². The van der Waals surface area contributed by atoms with Crippen LogP contribution in [-0.2, 0) is 9.59 Å². The highest BCUT2D eigenvalue weighted by Gasteiger charge is 2.35. The lowest BCUT2D eigenvalue weighted by atomic mass is 10.1. The molecule has 178 valence electrons. The molecule has 0 saturated heterocycles. The van der Waals surface area contributed by atoms with E-state index in [0.717, 1.165) is 41.1 Å². The van der Waals surface area contributed by atoms with E-state index in [9.17, 15) is 9.59 Å². The molecule has 1 aromatic heterocycles. The Balaban J connectivity index is 1.64. The van der Waals surface area contributed by atoms with Crippen LogP contribution in [0.1, 0.15) is 37.8 Å². The van der Waals surface area contributed by atoms with Gasteiger partial charge in [0.25, 0.3) is 0 Å². The van der Waals surface area contributed by atoms with Gasteiger partial charge in [-0.25, -0.2) is 4.98 Å². The van der Waals surface area contributed by atoms with Crippen molar-refractivity contribution in [2.75, 3.05) is 19.0 Å². The van der Waals surface area contributed by atoms with Gasteiger partial charge in [0.15, 0.2) is 0 Å². The third-order valence-corrected chi connectivity index (χ3v) is 6.26. The van der Waals surface area contributed by atoms with Crippen LogP contribution in [0.15, 0.2) is 48.7 Å². The Morgan fingerprint density at radius 3 is 2.41 bits per heavy atom. The number of carbonyl (C=O) groups is 2. The zero-order valence-electron chi connectivity index (χ0n) is 20.5. The van der Waals surface area contributed by atoms with Gasteiger partial charge in [-0.05, 0) is 88.1 Å². The number of methoxy groups -OCH3 is 1. The fourth-order valence-corrected chi connectivity index (χ4v) is 3.84. The largest absolute Gasteiger partial charge is 0.497 e. The maximum absolute atomic E-state index is 13.0. The van der Waals surface area contributed by atoms with Gasteiger partial charge in [0.05, 0.1) is 12.8 Å². The summed E-state index contributed by atoms with van der Waals surface area (Å²) in [5.74, 6) is 1.04. The molecule has 1 heterocycles. The number of nitrogens with zero attached hydrogens (tertiary/aromatic N) is 3. The summed E-state index contributed by atoms with van der Waals surface area (Å²) in [6, 6.07) is 13.7. The smallest absolute Gasteiger partial charge is 0.246 e. The van der Waals surface area contributed by atoms with Gasteiger partial charge < -0.3 is 9.64 Å². The summed E-state index contributed by atoms with van der Waals surface area (Å²) in [5, 5.41) is 2.95. The molecule has 0 spiro atoms. The molecule has 7 nitrogen and oxygen atoms in total. The van der Waals surface area contributed by atoms with E-state index < -0.39 is 0 Å². The number of carbonyl (C=O) groups excluding carboxylic acids is 2. The maximum Gasteiger partial charge on any atom is 0.246 e. The second-order valence-corrected chi connectivity index (χ2v) is 9.20. The van der Waals surface area contributed by atoms with Crippen LogP contribution in [0.5, 0.6) is 5.75 Å². The molecule has 34 heavy (non-hydrogen) atoms. The summed E-state index contributed by atoms with van der Waals surface area (Å²) >= 11 is 0. The van der Waals surface area contributed by atoms with E-state index in [2.05, 4.69) is 31.3 Å². The molecule has 0 bridgehead atoms. The minimum Gasteiger partial charge on any atom is -0.497 e. The predicted octanol–water partition coefficient (Wildman–Crippen LogP) is 4.75. The first kappa shape index (κ1) is 23.5. The zero-order chi connectivity index (χ0) is 24.4. The minimum atomic E-state index is -0.264. The van der Waals surface area contributed by atoms with Crippen molar-refractivity contribution in [3.63, 3.8) is 0 Å². The summed E-state index contributed by atoms with van der Waals surface area (Å²) in [7, 11) is 1.63. The first-order valence-corrected chi connectivity index (χ1v) is 11.7. The Morgan fingerprint density at radius 2 is 1.82 bits per heavy atom. The van der Waals surface area contributed by atoms with Crippen molar-refractivity contribution >= 4 is 17.8 Å². The SMILES string of the molecule is COc1ccc(-c2cn(-c3ccc(C)c(C)c3)c(NC(=O)CN(C(=O)C3CC3)C(C)C)n2)cc1. The van der Waals surface area contributed by atoms with Crippen LogP contribution in [0.4, 0.5) is 5.95 Å². The van der Waals surface area contributed by atoms with E-state index in [4.69, 9.17) is 9.72 Å². The third-order valence-electron chi connectivity index (χ3n) is 6.26. The monoisotopic (exact) mass is 460 g/mol. The van der Waals surface area contributed by atoms with Crippen LogP contribution in [0.25, 0.3) is 16.9 Å². The highest BCUT2D eigenvalue weighted by atomic mass is 16.5. The van der Waals surface area contributed by atoms with Gasteiger partial charge in [-0.3, -0.25) is 19.5 Å². The van der Waals surface area contributed by atoms with Crippen molar-refractivity contribution < 1.29 is 14.3 Å². The lowest BCUT2D eigenvalue weighted by molar-refractivity contribution is -0.137. The van der Waals surface area contributed by atoms with Gasteiger partial charge in [0.2, 0.25) is 17.8 Å². The van der Waals surface area contributed by atoms with Crippen molar-refractivity contribution in [1.82, 2.24) is 14.5 Å². The summed E-state index contributed by atoms with van der Waals surface area (Å²) in [5.41, 5.74) is 4.88. The Bertz CT molecular complexity index is 1190. The van der Waals surface area contributed by atoms with E-state index in [0.29, 0.717) is 5.95 Å². The zero-order valence-corrected chi connectivity index (χ0v) is 20.5. The van der Waals surface area contributed by atoms with Crippen LogP contribution >= 0.6 is 0 Å². The second kappa shape index (κ2) is 9.71. The number of nitrogens with one attached hydrogen (secondary N) is 1. The maximum atomic E-state index is 13.0. The van der Waals surface area contributed by atoms with E-state index in [1.54, 1.807) is 12.0 Å². The number of imidazole rings is 1. The number of amides is 2. The number of hydrogen-bond acceptors (Lipinski definition) is 4. The summed E-state index contributed by atoms with van der Waals surface area (Å²) < 4.78 is 7.14. The number of aryl methyl sites for hydroxylation is 2. The Hall–Kier alpha value is -3.61. The van der Waals surface area contributed by atoms with Gasteiger partial charge in [-0.15, -0.1) is 0 Å². The standard InChI is InChI=1S/C27H32N4O3/c1-17(2)30(26(33)21-7-8-21)16-25(32)29-27-28-24(20-9-12-23(34-5)13-10-20)15-31(27)22-11-6-18(3)19(4)14-22/h6,9-15,17,21H,7-8,16H2,1-5H3,(H,28,29,32). The molecule has 3 aromatic rings. The van der Waals surface area contributed by atoms with Crippen molar-refractivity contribution in [2.24, 2.45) is 5.92 Å². The van der Waals surface area contributed by atoms with Crippen molar-refractivity contribution in [1.29, 1.82) is 0 Å². The molecular formula is C27H32N4O3. The second-order valence-electron chi connectivity index (χ2n) is 9.20. The lowest BCUT2D eigenvalue weighted by Crippen LogP contribution is -2.43. The number of ether oxygens (including phenoxy) is 1. The molecule has 1 fully saturated rings. The number of aromatic nitrogens is 2. The predicted molar refractivity (Wildman–Crippen MR) is 133 cm³/mol. The molecule has 1 aliphatic carbocycles. The van der Waals surface area contributed by atoms with Crippen LogP contribution in [0, 0.1) is 19.8 Å². The number of anilines is 1. The van der Waals surface area contributed by atoms with E-state index in [-0.39, 0.29) is 30.3 Å². The van der Waals surface area contributed by atoms with E-state index >= 15 is 0 Å². The highest BCUT2D eigenvalue weighted by molar-refractivity contribution is 5.94. The van der Waals surface area contributed by atoms with E-state index in [1.165, 1.54) is 5.56 Å². The summed E-state index contributed by atoms with van der Waals surface area (Å²) in [6.07, 6.45) is 3.73. The van der Waals surface area contributed by atoms with Gasteiger partial charge >= 0.3 is 0 Å². The first-order chi connectivity index (χ1) is 16.3. The molecule has 2 aromatic carbocycles. The Kier molecular flexibility index (Phi) is 6.72. The van der Waals surface area contributed by atoms with E-state index in [1.807, 2.05) is 54.9 Å². The van der Waals surface area contributed by atoms with Crippen molar-refractivity contribution in [3.8, 4) is 22.7 Å². The molecule has 1 N–H and O–H groups in total. The Morgan fingerprint density at radius 1 is 1.12 bits per heavy atom. The molecule has 2 amide bonds. The average molecular weight is 461 g/mol. The lowest BCUT2D eigenvalue weighted by Gasteiger charge is -2.26. The Labute approximate surface area is 200 Å². The third kappa shape index (κ3) is 5.14. The molecule has 4 rings (SSSR count). The van der Waals surface area contributed by atoms with Gasteiger partial charge in [-0.1, -0.05) is 6.07 Å². The molecule has 7 heteroatoms. The molecule has 0 radical (unpaired) electrons. The van der Waals surface area contributed by atoms with Crippen molar-refractivity contribution in [3.05, 3.63) is 59.8 Å². The van der Waals surface area contributed by atoms with Gasteiger partial charge in [-0.2, -0.15) is 0 Å². The van der Waals surface area contributed by atoms with Gasteiger partial charge in [0, 0.05) is 29.4 Å². The quantitative estimate of drug-likeness (QED) is 0.526. The summed E-state index contributed by atoms with van der Waals surface area (Å²) in [4.78, 5) is 32.1. The highest BCUT2D eigenvalue weighted by Crippen LogP contribution is 2.32. The normalized spacial score (nSPS) is 13.1. The van der Waals surface area contributed by atoms with Crippen LogP contribution in [0.3, 0.4) is 0 Å². The molecular weight excluding hydrogens is 428 g/mol. The fourth-order valence-electron chi connectivity index (χ4n) is 3.84. The fraction of sp³-hybridized carbons (Fsp3) is 0.370. The molecule has 1 saturated carbocycles. The number of rotatable bonds is 8. The molecule has 0 unspecified atom stereocenters. The molecule has 1 aliphatic rings. The number of benzene rings is 2. The molecule has 0 atom stereocenters. The van der Waals surface area contributed by atoms with Crippen LogP contribution < -0.4 is 10.1 Å². The first-order valence-electron chi connectivity index (χ1n) is 11.7. The summed E-state index contributed by atoms with van der Waals surface area (Å²) in [6.45, 7) is 8.00. The minimum absolute atomic E-state index is 0.00462. The topological polar surface area (TPSA) is 76.5 Å². The average Bonchev–Trinajstić information content (AvgIpc) is 3.59. The van der Waals surface area contributed by atoms with Gasteiger partial charge in [0.1, 0.15) is 12.3 Å². The van der Waals surface area contributed by atoms with Crippen LogP contribution in [-0.4, -0.2) is 46.0 Å². The van der Waals surface area contributed by atoms with Crippen LogP contribution in [0.2, 0.25) is 0 Å². The molecule has 0 aliphatic heterocycles. The number of hydrogen-bond donors (Lipinski definition) is 1.